The first kappa shape index (κ1) is 19.1. The molecule has 1 unspecified atom stereocenters. The number of nitrogens with two attached hydrogens (primary N) is 1. The average molecular weight is 361 g/mol. The molecule has 0 saturated carbocycles. The Bertz CT molecular complexity index is 746. The van der Waals surface area contributed by atoms with Gasteiger partial charge in [-0.1, -0.05) is 36.4 Å². The van der Waals surface area contributed by atoms with Crippen LogP contribution in [-0.4, -0.2) is 11.5 Å². The maximum Gasteiger partial charge on any atom is 0.220 e. The highest BCUT2D eigenvalue weighted by Crippen LogP contribution is 2.39. The van der Waals surface area contributed by atoms with Gasteiger partial charge in [-0.15, -0.1) is 12.4 Å². The first-order valence-electron chi connectivity index (χ1n) is 8.35. The van der Waals surface area contributed by atoms with Gasteiger partial charge in [-0.3, -0.25) is 4.79 Å². The smallest absolute Gasteiger partial charge is 0.220 e. The molecule has 0 aliphatic carbocycles. The number of ether oxygens (including phenoxy) is 1. The maximum atomic E-state index is 12.4. The van der Waals surface area contributed by atoms with Crippen molar-refractivity contribution < 1.29 is 9.53 Å². The predicted molar refractivity (Wildman–Crippen MR) is 103 cm³/mol. The molecule has 1 aliphatic heterocycles. The summed E-state index contributed by atoms with van der Waals surface area (Å²) in [7, 11) is 0. The molecule has 1 aliphatic rings. The number of nitrogen functional groups attached to an aromatic ring is 1. The Morgan fingerprint density at radius 1 is 1.20 bits per heavy atom. The second-order valence-electron chi connectivity index (χ2n) is 6.92. The Hall–Kier alpha value is -2.20. The second kappa shape index (κ2) is 7.79. The van der Waals surface area contributed by atoms with Crippen molar-refractivity contribution in [3.05, 3.63) is 59.7 Å². The fourth-order valence-electron chi connectivity index (χ4n) is 3.21. The van der Waals surface area contributed by atoms with Gasteiger partial charge in [0.1, 0.15) is 11.4 Å². The normalized spacial score (nSPS) is 17.6. The van der Waals surface area contributed by atoms with Crippen molar-refractivity contribution in [1.29, 1.82) is 0 Å². The van der Waals surface area contributed by atoms with E-state index < -0.39 is 0 Å². The number of hydrogen-bond donors (Lipinski definition) is 2. The van der Waals surface area contributed by atoms with Gasteiger partial charge in [-0.25, -0.2) is 0 Å². The van der Waals surface area contributed by atoms with Gasteiger partial charge >= 0.3 is 0 Å². The molecule has 2 aromatic rings. The third-order valence-corrected chi connectivity index (χ3v) is 4.39. The lowest BCUT2D eigenvalue weighted by Crippen LogP contribution is -2.41. The Labute approximate surface area is 155 Å². The lowest BCUT2D eigenvalue weighted by molar-refractivity contribution is -0.122. The lowest BCUT2D eigenvalue weighted by atomic mass is 9.89. The highest BCUT2D eigenvalue weighted by atomic mass is 35.5. The molecule has 5 heteroatoms. The summed E-state index contributed by atoms with van der Waals surface area (Å²) < 4.78 is 6.01. The van der Waals surface area contributed by atoms with Crippen molar-refractivity contribution in [2.24, 2.45) is 0 Å². The van der Waals surface area contributed by atoms with Crippen LogP contribution in [0.1, 0.15) is 43.9 Å². The van der Waals surface area contributed by atoms with Gasteiger partial charge in [0.2, 0.25) is 5.91 Å². The molecule has 3 N–H and O–H groups in total. The zero-order valence-electron chi connectivity index (χ0n) is 14.6. The molecule has 1 atom stereocenters. The number of anilines is 1. The van der Waals surface area contributed by atoms with E-state index in [2.05, 4.69) is 5.32 Å². The minimum absolute atomic E-state index is 0. The van der Waals surface area contributed by atoms with Gasteiger partial charge in [-0.05, 0) is 38.0 Å². The summed E-state index contributed by atoms with van der Waals surface area (Å²) in [4.78, 5) is 12.4. The van der Waals surface area contributed by atoms with E-state index in [0.717, 1.165) is 29.0 Å². The van der Waals surface area contributed by atoms with Crippen LogP contribution in [0.2, 0.25) is 0 Å². The fourth-order valence-corrected chi connectivity index (χ4v) is 3.21. The first-order valence-corrected chi connectivity index (χ1v) is 8.35. The van der Waals surface area contributed by atoms with Gasteiger partial charge in [0.15, 0.2) is 0 Å². The molecule has 0 fully saturated rings. The minimum Gasteiger partial charge on any atom is -0.487 e. The third-order valence-electron chi connectivity index (χ3n) is 4.39. The maximum absolute atomic E-state index is 12.4. The largest absolute Gasteiger partial charge is 0.487 e. The van der Waals surface area contributed by atoms with E-state index in [0.29, 0.717) is 12.8 Å². The SMILES string of the molecule is CC1(C)CC(NC(=O)CCc2ccccc2N)c2ccccc2O1.Cl. The molecule has 0 spiro atoms. The van der Waals surface area contributed by atoms with Crippen molar-refractivity contribution >= 4 is 24.0 Å². The van der Waals surface area contributed by atoms with Crippen molar-refractivity contribution in [1.82, 2.24) is 5.32 Å². The van der Waals surface area contributed by atoms with Gasteiger partial charge in [0.05, 0.1) is 6.04 Å². The molecule has 0 radical (unpaired) electrons. The van der Waals surface area contributed by atoms with E-state index >= 15 is 0 Å². The van der Waals surface area contributed by atoms with E-state index in [1.54, 1.807) is 0 Å². The van der Waals surface area contributed by atoms with E-state index in [-0.39, 0.29) is 30.0 Å². The molecule has 4 nitrogen and oxygen atoms in total. The van der Waals surface area contributed by atoms with E-state index in [4.69, 9.17) is 10.5 Å². The number of amides is 1. The van der Waals surface area contributed by atoms with Crippen molar-refractivity contribution in [3.63, 3.8) is 0 Å². The van der Waals surface area contributed by atoms with Crippen molar-refractivity contribution in [2.75, 3.05) is 5.73 Å². The van der Waals surface area contributed by atoms with Crippen LogP contribution < -0.4 is 15.8 Å². The lowest BCUT2D eigenvalue weighted by Gasteiger charge is -2.37. The van der Waals surface area contributed by atoms with Gasteiger partial charge in [0.25, 0.3) is 0 Å². The molecule has 2 aromatic carbocycles. The highest BCUT2D eigenvalue weighted by Gasteiger charge is 2.34. The summed E-state index contributed by atoms with van der Waals surface area (Å²) in [6, 6.07) is 15.6. The van der Waals surface area contributed by atoms with Crippen LogP contribution in [0.3, 0.4) is 0 Å². The van der Waals surface area contributed by atoms with Crippen LogP contribution in [0.15, 0.2) is 48.5 Å². The van der Waals surface area contributed by atoms with Crippen LogP contribution in [0.4, 0.5) is 5.69 Å². The standard InChI is InChI=1S/C20H24N2O2.ClH/c1-20(2)13-17(15-8-4-6-10-18(15)24-20)22-19(23)12-11-14-7-3-5-9-16(14)21;/h3-10,17H,11-13,21H2,1-2H3,(H,22,23);1H. The van der Waals surface area contributed by atoms with Gasteiger partial charge in [0, 0.05) is 24.1 Å². The van der Waals surface area contributed by atoms with Crippen LogP contribution in [0.25, 0.3) is 0 Å². The number of benzene rings is 2. The number of carbonyl (C=O) groups is 1. The molecule has 1 heterocycles. The van der Waals surface area contributed by atoms with Crippen LogP contribution in [-0.2, 0) is 11.2 Å². The molecular weight excluding hydrogens is 336 g/mol. The first-order chi connectivity index (χ1) is 11.4. The molecule has 0 aromatic heterocycles. The number of para-hydroxylation sites is 2. The van der Waals surface area contributed by atoms with Crippen molar-refractivity contribution in [3.8, 4) is 5.75 Å². The summed E-state index contributed by atoms with van der Waals surface area (Å²) >= 11 is 0. The molecule has 3 rings (SSSR count). The zero-order chi connectivity index (χ0) is 17.2. The highest BCUT2D eigenvalue weighted by molar-refractivity contribution is 5.85. The second-order valence-corrected chi connectivity index (χ2v) is 6.92. The Kier molecular flexibility index (Phi) is 5.96. The summed E-state index contributed by atoms with van der Waals surface area (Å²) in [6.07, 6.45) is 1.82. The van der Waals surface area contributed by atoms with Gasteiger partial charge < -0.3 is 15.8 Å². The van der Waals surface area contributed by atoms with E-state index in [9.17, 15) is 4.79 Å². The monoisotopic (exact) mass is 360 g/mol. The van der Waals surface area contributed by atoms with Crippen LogP contribution in [0, 0.1) is 0 Å². The molecule has 0 saturated heterocycles. The van der Waals surface area contributed by atoms with Crippen LogP contribution >= 0.6 is 12.4 Å². The van der Waals surface area contributed by atoms with Crippen LogP contribution in [0.5, 0.6) is 5.75 Å². The quantitative estimate of drug-likeness (QED) is 0.809. The number of hydrogen-bond acceptors (Lipinski definition) is 3. The number of rotatable bonds is 4. The van der Waals surface area contributed by atoms with Gasteiger partial charge in [-0.2, -0.15) is 0 Å². The fraction of sp³-hybridized carbons (Fsp3) is 0.350. The molecule has 1 amide bonds. The summed E-state index contributed by atoms with van der Waals surface area (Å²) in [5.41, 5.74) is 8.44. The summed E-state index contributed by atoms with van der Waals surface area (Å²) in [6.45, 7) is 4.10. The summed E-state index contributed by atoms with van der Waals surface area (Å²) in [5.74, 6) is 0.891. The third kappa shape index (κ3) is 4.67. The van der Waals surface area contributed by atoms with E-state index in [1.165, 1.54) is 0 Å². The average Bonchev–Trinajstić information content (AvgIpc) is 2.53. The molecule has 134 valence electrons. The predicted octanol–water partition coefficient (Wildman–Crippen LogP) is 4.04. The number of fused-ring (bicyclic) bond motifs is 1. The minimum atomic E-state index is -0.295. The number of carbonyl (C=O) groups excluding carboxylic acids is 1. The Morgan fingerprint density at radius 2 is 1.88 bits per heavy atom. The molecule has 25 heavy (non-hydrogen) atoms. The number of halogens is 1. The number of nitrogens with one attached hydrogen (secondary N) is 1. The number of aryl methyl sites for hydroxylation is 1. The molecule has 0 bridgehead atoms. The van der Waals surface area contributed by atoms with Crippen molar-refractivity contribution in [2.45, 2.75) is 44.8 Å². The molecular formula is C20H25ClN2O2. The Balaban J connectivity index is 0.00000225. The zero-order valence-corrected chi connectivity index (χ0v) is 15.4. The topological polar surface area (TPSA) is 64.4 Å². The van der Waals surface area contributed by atoms with E-state index in [1.807, 2.05) is 62.4 Å². The summed E-state index contributed by atoms with van der Waals surface area (Å²) in [5, 5.41) is 3.16. The Morgan fingerprint density at radius 3 is 2.64 bits per heavy atom.